The van der Waals surface area contributed by atoms with Crippen LogP contribution in [0.1, 0.15) is 10.4 Å². The number of amides is 1. The number of carboxylic acids is 1. The maximum atomic E-state index is 11.9. The molecule has 1 aromatic carbocycles. The molecular formula is C10H9I2NO4. The van der Waals surface area contributed by atoms with Gasteiger partial charge in [-0.2, -0.15) is 0 Å². The number of halogens is 2. The molecule has 0 saturated heterocycles. The van der Waals surface area contributed by atoms with Crippen molar-refractivity contribution in [3.8, 4) is 5.75 Å². The molecule has 7 heteroatoms. The minimum atomic E-state index is -1.10. The van der Waals surface area contributed by atoms with Crippen molar-refractivity contribution in [2.24, 2.45) is 0 Å². The molecule has 1 aromatic rings. The van der Waals surface area contributed by atoms with Gasteiger partial charge in [-0.1, -0.05) is 0 Å². The summed E-state index contributed by atoms with van der Waals surface area (Å²) >= 11 is 3.94. The van der Waals surface area contributed by atoms with Gasteiger partial charge in [0.1, 0.15) is 12.3 Å². The topological polar surface area (TPSA) is 77.8 Å². The second kappa shape index (κ2) is 5.85. The highest BCUT2D eigenvalue weighted by molar-refractivity contribution is 14.1. The van der Waals surface area contributed by atoms with Crippen molar-refractivity contribution in [3.63, 3.8) is 0 Å². The highest BCUT2D eigenvalue weighted by Gasteiger charge is 2.19. The van der Waals surface area contributed by atoms with Crippen molar-refractivity contribution in [1.29, 1.82) is 0 Å². The molecule has 0 fully saturated rings. The first-order valence-corrected chi connectivity index (χ1v) is 6.64. The smallest absolute Gasteiger partial charge is 0.323 e. The molecule has 0 unspecified atom stereocenters. The van der Waals surface area contributed by atoms with Crippen LogP contribution in [0.15, 0.2) is 12.1 Å². The van der Waals surface area contributed by atoms with Crippen molar-refractivity contribution < 1.29 is 19.8 Å². The number of carboxylic acid groups (broad SMARTS) is 1. The van der Waals surface area contributed by atoms with Crippen molar-refractivity contribution in [2.75, 3.05) is 13.6 Å². The Morgan fingerprint density at radius 2 is 1.94 bits per heavy atom. The molecule has 5 nitrogen and oxygen atoms in total. The molecule has 0 bridgehead atoms. The molecule has 0 spiro atoms. The SMILES string of the molecule is CN(CC(=O)O)C(=O)c1cc(I)cc(I)c1O. The second-order valence-corrected chi connectivity index (χ2v) is 5.75. The predicted octanol–water partition coefficient (Wildman–Crippen LogP) is 1.76. The number of phenols is 1. The maximum Gasteiger partial charge on any atom is 0.323 e. The van der Waals surface area contributed by atoms with Crippen LogP contribution in [0.2, 0.25) is 0 Å². The predicted molar refractivity (Wildman–Crippen MR) is 78.1 cm³/mol. The van der Waals surface area contributed by atoms with Gasteiger partial charge in [-0.05, 0) is 57.3 Å². The molecule has 0 radical (unpaired) electrons. The minimum absolute atomic E-state index is 0.116. The molecule has 17 heavy (non-hydrogen) atoms. The van der Waals surface area contributed by atoms with Gasteiger partial charge in [0.05, 0.1) is 9.13 Å². The number of rotatable bonds is 3. The van der Waals surface area contributed by atoms with Crippen LogP contribution in [0.4, 0.5) is 0 Å². The Balaban J connectivity index is 3.08. The lowest BCUT2D eigenvalue weighted by molar-refractivity contribution is -0.137. The van der Waals surface area contributed by atoms with Crippen molar-refractivity contribution in [2.45, 2.75) is 0 Å². The van der Waals surface area contributed by atoms with Gasteiger partial charge in [0, 0.05) is 10.6 Å². The van der Waals surface area contributed by atoms with Gasteiger partial charge in [0.15, 0.2) is 0 Å². The number of aliphatic carboxylic acids is 1. The largest absolute Gasteiger partial charge is 0.506 e. The van der Waals surface area contributed by atoms with Crippen molar-refractivity contribution >= 4 is 57.1 Å². The number of carbonyl (C=O) groups excluding carboxylic acids is 1. The minimum Gasteiger partial charge on any atom is -0.506 e. The lowest BCUT2D eigenvalue weighted by Gasteiger charge is -2.16. The molecule has 0 aromatic heterocycles. The van der Waals surface area contributed by atoms with E-state index in [4.69, 9.17) is 5.11 Å². The summed E-state index contributed by atoms with van der Waals surface area (Å²) in [6, 6.07) is 3.25. The third-order valence-electron chi connectivity index (χ3n) is 1.98. The monoisotopic (exact) mass is 461 g/mol. The molecule has 0 aliphatic heterocycles. The van der Waals surface area contributed by atoms with E-state index in [9.17, 15) is 14.7 Å². The lowest BCUT2D eigenvalue weighted by atomic mass is 10.2. The summed E-state index contributed by atoms with van der Waals surface area (Å²) in [5, 5.41) is 18.4. The highest BCUT2D eigenvalue weighted by atomic mass is 127. The van der Waals surface area contributed by atoms with Crippen LogP contribution in [-0.2, 0) is 4.79 Å². The van der Waals surface area contributed by atoms with Crippen molar-refractivity contribution in [1.82, 2.24) is 4.90 Å². The zero-order valence-electron chi connectivity index (χ0n) is 8.78. The number of nitrogens with zero attached hydrogens (tertiary/aromatic N) is 1. The Hall–Kier alpha value is -0.580. The number of likely N-dealkylation sites (N-methyl/N-ethyl adjacent to an activating group) is 1. The van der Waals surface area contributed by atoms with Gasteiger partial charge in [0.25, 0.3) is 5.91 Å². The van der Waals surface area contributed by atoms with Gasteiger partial charge in [-0.25, -0.2) is 0 Å². The number of phenolic OH excluding ortho intramolecular Hbond substituents is 1. The molecule has 0 aliphatic rings. The normalized spacial score (nSPS) is 10.1. The first kappa shape index (κ1) is 14.5. The number of hydrogen-bond donors (Lipinski definition) is 2. The first-order chi connectivity index (χ1) is 7.82. The van der Waals surface area contributed by atoms with Crippen LogP contribution >= 0.6 is 45.2 Å². The molecule has 1 amide bonds. The van der Waals surface area contributed by atoms with Crippen LogP contribution in [0, 0.1) is 7.14 Å². The van der Waals surface area contributed by atoms with E-state index in [0.29, 0.717) is 3.57 Å². The Morgan fingerprint density at radius 3 is 2.47 bits per heavy atom. The van der Waals surface area contributed by atoms with E-state index in [1.165, 1.54) is 13.1 Å². The van der Waals surface area contributed by atoms with E-state index in [1.807, 2.05) is 45.2 Å². The standard InChI is InChI=1S/C10H9I2NO4/c1-13(4-8(14)15)10(17)6-2-5(11)3-7(12)9(6)16/h2-3,16H,4H2,1H3,(H,14,15). The molecule has 0 atom stereocenters. The number of hydrogen-bond acceptors (Lipinski definition) is 3. The Kier molecular flexibility index (Phi) is 4.98. The fraction of sp³-hybridized carbons (Fsp3) is 0.200. The van der Waals surface area contributed by atoms with E-state index in [-0.39, 0.29) is 11.3 Å². The van der Waals surface area contributed by atoms with E-state index in [1.54, 1.807) is 6.07 Å². The Morgan fingerprint density at radius 1 is 1.35 bits per heavy atom. The van der Waals surface area contributed by atoms with Gasteiger partial charge in [0.2, 0.25) is 0 Å². The number of aromatic hydroxyl groups is 1. The summed E-state index contributed by atoms with van der Waals surface area (Å²) in [4.78, 5) is 23.5. The van der Waals surface area contributed by atoms with Crippen LogP contribution in [0.25, 0.3) is 0 Å². The quantitative estimate of drug-likeness (QED) is 0.674. The summed E-state index contributed by atoms with van der Waals surface area (Å²) in [5.74, 6) is -1.73. The zero-order valence-corrected chi connectivity index (χ0v) is 13.1. The van der Waals surface area contributed by atoms with Crippen LogP contribution in [0.5, 0.6) is 5.75 Å². The zero-order chi connectivity index (χ0) is 13.2. The van der Waals surface area contributed by atoms with Gasteiger partial charge in [-0.15, -0.1) is 0 Å². The van der Waals surface area contributed by atoms with Gasteiger partial charge >= 0.3 is 5.97 Å². The number of benzene rings is 1. The highest BCUT2D eigenvalue weighted by Crippen LogP contribution is 2.27. The summed E-state index contributed by atoms with van der Waals surface area (Å²) in [6.45, 7) is -0.402. The van der Waals surface area contributed by atoms with Gasteiger partial charge < -0.3 is 15.1 Å². The van der Waals surface area contributed by atoms with Gasteiger partial charge in [-0.3, -0.25) is 9.59 Å². The molecule has 92 valence electrons. The van der Waals surface area contributed by atoms with E-state index < -0.39 is 18.4 Å². The average Bonchev–Trinajstić information content (AvgIpc) is 2.21. The molecule has 0 heterocycles. The third-order valence-corrected chi connectivity index (χ3v) is 3.42. The molecule has 2 N–H and O–H groups in total. The Bertz CT molecular complexity index is 476. The maximum absolute atomic E-state index is 11.9. The lowest BCUT2D eigenvalue weighted by Crippen LogP contribution is -2.32. The Labute approximate surface area is 125 Å². The number of carbonyl (C=O) groups is 2. The molecule has 0 saturated carbocycles. The summed E-state index contributed by atoms with van der Waals surface area (Å²) in [7, 11) is 1.38. The van der Waals surface area contributed by atoms with E-state index in [0.717, 1.165) is 8.47 Å². The van der Waals surface area contributed by atoms with Crippen LogP contribution in [-0.4, -0.2) is 40.6 Å². The fourth-order valence-electron chi connectivity index (χ4n) is 1.21. The summed E-state index contributed by atoms with van der Waals surface area (Å²) in [5.41, 5.74) is 0.116. The molecule has 0 aliphatic carbocycles. The summed E-state index contributed by atoms with van der Waals surface area (Å²) < 4.78 is 1.36. The molecular weight excluding hydrogens is 452 g/mol. The van der Waals surface area contributed by atoms with Crippen molar-refractivity contribution in [3.05, 3.63) is 24.8 Å². The summed E-state index contributed by atoms with van der Waals surface area (Å²) in [6.07, 6.45) is 0. The second-order valence-electron chi connectivity index (χ2n) is 3.34. The third kappa shape index (κ3) is 3.69. The van der Waals surface area contributed by atoms with E-state index in [2.05, 4.69) is 0 Å². The van der Waals surface area contributed by atoms with E-state index >= 15 is 0 Å². The fourth-order valence-corrected chi connectivity index (χ4v) is 3.05. The van der Waals surface area contributed by atoms with Crippen LogP contribution in [0.3, 0.4) is 0 Å². The average molecular weight is 461 g/mol. The van der Waals surface area contributed by atoms with Crippen LogP contribution < -0.4 is 0 Å². The first-order valence-electron chi connectivity index (χ1n) is 4.48. The molecule has 1 rings (SSSR count).